The van der Waals surface area contributed by atoms with Crippen LogP contribution in [0.2, 0.25) is 5.02 Å². The molecule has 2 aromatic heterocycles. The van der Waals surface area contributed by atoms with Crippen molar-refractivity contribution in [2.24, 2.45) is 0 Å². The van der Waals surface area contributed by atoms with Crippen LogP contribution < -0.4 is 0 Å². The average Bonchev–Trinajstić information content (AvgIpc) is 3.59. The molecule has 3 heterocycles. The minimum atomic E-state index is -4.55. The highest BCUT2D eigenvalue weighted by molar-refractivity contribution is 8.18. The van der Waals surface area contributed by atoms with Gasteiger partial charge in [0.15, 0.2) is 0 Å². The smallest absolute Gasteiger partial charge is 0.361 e. The average molecular weight is 567 g/mol. The van der Waals surface area contributed by atoms with Crippen LogP contribution in [0, 0.1) is 0 Å². The minimum Gasteiger partial charge on any atom is -0.361 e. The molecular weight excluding hydrogens is 549 g/mol. The number of aromatic amines is 1. The first kappa shape index (κ1) is 25.3. The van der Waals surface area contributed by atoms with Crippen molar-refractivity contribution in [2.45, 2.75) is 19.3 Å². The van der Waals surface area contributed by atoms with E-state index < -0.39 is 11.7 Å². The zero-order valence-electron chi connectivity index (χ0n) is 20.0. The molecule has 196 valence electrons. The number of fused-ring (bicyclic) bond motifs is 2. The van der Waals surface area contributed by atoms with E-state index in [2.05, 4.69) is 10.1 Å². The van der Waals surface area contributed by atoms with Gasteiger partial charge in [0.1, 0.15) is 0 Å². The largest absolute Gasteiger partial charge is 0.416 e. The Morgan fingerprint density at radius 3 is 2.64 bits per heavy atom. The van der Waals surface area contributed by atoms with Crippen molar-refractivity contribution in [1.82, 2.24) is 19.7 Å². The van der Waals surface area contributed by atoms with E-state index in [4.69, 9.17) is 11.6 Å². The van der Waals surface area contributed by atoms with Gasteiger partial charge < -0.3 is 4.98 Å². The van der Waals surface area contributed by atoms with Crippen LogP contribution in [0.3, 0.4) is 0 Å². The number of amides is 2. The number of carbonyl (C=O) groups is 2. The Morgan fingerprint density at radius 1 is 0.974 bits per heavy atom. The SMILES string of the molecule is O=C1SC(=Cc2ccc3c(cnn3Cc3ccc(Cl)cc3C(F)(F)F)c2)C(=O)N1Cc1ccc2[nH]ccc2c1. The summed E-state index contributed by atoms with van der Waals surface area (Å²) in [5.41, 5.74) is 2.35. The topological polar surface area (TPSA) is 71.0 Å². The normalized spacial score (nSPS) is 15.4. The lowest BCUT2D eigenvalue weighted by Gasteiger charge is -2.14. The van der Waals surface area contributed by atoms with Gasteiger partial charge in [-0.25, -0.2) is 0 Å². The molecule has 0 aliphatic carbocycles. The summed E-state index contributed by atoms with van der Waals surface area (Å²) in [4.78, 5) is 30.3. The van der Waals surface area contributed by atoms with E-state index in [1.165, 1.54) is 21.7 Å². The van der Waals surface area contributed by atoms with Crippen molar-refractivity contribution in [3.8, 4) is 0 Å². The molecule has 6 rings (SSSR count). The number of H-pyrrole nitrogens is 1. The number of hydrogen-bond acceptors (Lipinski definition) is 4. The predicted molar refractivity (Wildman–Crippen MR) is 145 cm³/mol. The van der Waals surface area contributed by atoms with E-state index in [0.717, 1.165) is 34.3 Å². The Balaban J connectivity index is 1.23. The van der Waals surface area contributed by atoms with Crippen LogP contribution in [0.5, 0.6) is 0 Å². The summed E-state index contributed by atoms with van der Waals surface area (Å²) in [7, 11) is 0. The van der Waals surface area contributed by atoms with Crippen molar-refractivity contribution >= 4 is 62.4 Å². The maximum atomic E-state index is 13.5. The van der Waals surface area contributed by atoms with Gasteiger partial charge in [0, 0.05) is 22.1 Å². The Kier molecular flexibility index (Phi) is 6.23. The molecule has 1 saturated heterocycles. The molecule has 39 heavy (non-hydrogen) atoms. The second-order valence-corrected chi connectivity index (χ2v) is 10.5. The summed E-state index contributed by atoms with van der Waals surface area (Å²) < 4.78 is 42.0. The van der Waals surface area contributed by atoms with Crippen LogP contribution in [0.1, 0.15) is 22.3 Å². The number of alkyl halides is 3. The molecule has 2 amide bonds. The summed E-state index contributed by atoms with van der Waals surface area (Å²) in [6, 6.07) is 16.6. The summed E-state index contributed by atoms with van der Waals surface area (Å²) in [5.74, 6) is -0.377. The van der Waals surface area contributed by atoms with E-state index >= 15 is 0 Å². The maximum absolute atomic E-state index is 13.5. The predicted octanol–water partition coefficient (Wildman–Crippen LogP) is 7.47. The van der Waals surface area contributed by atoms with Crippen LogP contribution in [0.15, 0.2) is 78.0 Å². The zero-order chi connectivity index (χ0) is 27.3. The highest BCUT2D eigenvalue weighted by Gasteiger charge is 2.35. The second-order valence-electron chi connectivity index (χ2n) is 9.09. The molecule has 0 radical (unpaired) electrons. The van der Waals surface area contributed by atoms with E-state index in [1.807, 2.05) is 30.5 Å². The summed E-state index contributed by atoms with van der Waals surface area (Å²) in [5, 5.41) is 5.61. The molecule has 3 aromatic carbocycles. The number of imide groups is 1. The Hall–Kier alpha value is -4.02. The van der Waals surface area contributed by atoms with Gasteiger partial charge in [0.25, 0.3) is 11.1 Å². The Morgan fingerprint density at radius 2 is 1.82 bits per heavy atom. The first-order valence-electron chi connectivity index (χ1n) is 11.8. The fraction of sp³-hybridized carbons (Fsp3) is 0.107. The molecule has 0 bridgehead atoms. The number of carbonyl (C=O) groups excluding carboxylic acids is 2. The molecule has 11 heteroatoms. The molecule has 6 nitrogen and oxygen atoms in total. The fourth-order valence-electron chi connectivity index (χ4n) is 4.60. The molecular formula is C28H18ClF3N4O2S. The highest BCUT2D eigenvalue weighted by atomic mass is 35.5. The summed E-state index contributed by atoms with van der Waals surface area (Å²) >= 11 is 6.67. The van der Waals surface area contributed by atoms with Gasteiger partial charge >= 0.3 is 6.18 Å². The van der Waals surface area contributed by atoms with E-state index in [0.29, 0.717) is 21.4 Å². The summed E-state index contributed by atoms with van der Waals surface area (Å²) in [6.45, 7) is 0.0713. The lowest BCUT2D eigenvalue weighted by molar-refractivity contribution is -0.138. The van der Waals surface area contributed by atoms with Crippen molar-refractivity contribution in [3.05, 3.63) is 105 Å². The Labute approximate surface area is 229 Å². The first-order chi connectivity index (χ1) is 18.7. The number of aromatic nitrogens is 3. The van der Waals surface area contributed by atoms with E-state index in [1.54, 1.807) is 30.5 Å². The lowest BCUT2D eigenvalue weighted by Crippen LogP contribution is -2.27. The van der Waals surface area contributed by atoms with Crippen molar-refractivity contribution in [1.29, 1.82) is 0 Å². The van der Waals surface area contributed by atoms with Crippen LogP contribution in [0.4, 0.5) is 18.0 Å². The van der Waals surface area contributed by atoms with Crippen LogP contribution in [0.25, 0.3) is 27.9 Å². The fourth-order valence-corrected chi connectivity index (χ4v) is 5.61. The molecule has 5 aromatic rings. The van der Waals surface area contributed by atoms with Gasteiger partial charge in [-0.1, -0.05) is 29.8 Å². The minimum absolute atomic E-state index is 0.00665. The number of halogens is 4. The van der Waals surface area contributed by atoms with Crippen molar-refractivity contribution in [3.63, 3.8) is 0 Å². The molecule has 1 aliphatic rings. The number of nitrogens with zero attached hydrogens (tertiary/aromatic N) is 3. The van der Waals surface area contributed by atoms with Gasteiger partial charge in [0.05, 0.1) is 35.3 Å². The third-order valence-corrected chi connectivity index (χ3v) is 7.64. The van der Waals surface area contributed by atoms with Gasteiger partial charge in [-0.05, 0) is 82.4 Å². The molecule has 1 aliphatic heterocycles. The molecule has 0 unspecified atom stereocenters. The Bertz CT molecular complexity index is 1810. The number of benzene rings is 3. The molecule has 0 saturated carbocycles. The van der Waals surface area contributed by atoms with Gasteiger partial charge in [0.2, 0.25) is 0 Å². The standard InChI is InChI=1S/C28H18ClF3N4O2S/c29-21-4-3-19(22(12-21)28(30,31)32)15-36-24-6-2-16(9-20(24)13-34-36)11-25-26(37)35(27(38)39-25)14-17-1-5-23-18(10-17)7-8-33-23/h1-13,33H,14-15H2. The van der Waals surface area contributed by atoms with E-state index in [9.17, 15) is 22.8 Å². The number of thioether (sulfide) groups is 1. The van der Waals surface area contributed by atoms with Crippen molar-refractivity contribution < 1.29 is 22.8 Å². The van der Waals surface area contributed by atoms with Gasteiger partial charge in [-0.3, -0.25) is 19.2 Å². The monoisotopic (exact) mass is 566 g/mol. The van der Waals surface area contributed by atoms with Crippen LogP contribution >= 0.6 is 23.4 Å². The van der Waals surface area contributed by atoms with Gasteiger partial charge in [-0.15, -0.1) is 0 Å². The van der Waals surface area contributed by atoms with E-state index in [-0.39, 0.29) is 34.8 Å². The number of rotatable bonds is 5. The second kappa shape index (κ2) is 9.62. The molecule has 0 atom stereocenters. The molecule has 0 spiro atoms. The van der Waals surface area contributed by atoms with Crippen molar-refractivity contribution in [2.75, 3.05) is 0 Å². The number of hydrogen-bond donors (Lipinski definition) is 1. The first-order valence-corrected chi connectivity index (χ1v) is 13.0. The third kappa shape index (κ3) is 4.93. The van der Waals surface area contributed by atoms with Crippen LogP contribution in [-0.4, -0.2) is 30.8 Å². The number of nitrogens with one attached hydrogen (secondary N) is 1. The molecule has 1 N–H and O–H groups in total. The third-order valence-electron chi connectivity index (χ3n) is 6.49. The van der Waals surface area contributed by atoms with Gasteiger partial charge in [-0.2, -0.15) is 18.3 Å². The zero-order valence-corrected chi connectivity index (χ0v) is 21.6. The quantitative estimate of drug-likeness (QED) is 0.224. The molecule has 1 fully saturated rings. The lowest BCUT2D eigenvalue weighted by atomic mass is 10.1. The summed E-state index contributed by atoms with van der Waals surface area (Å²) in [6.07, 6.45) is 0.472. The highest BCUT2D eigenvalue weighted by Crippen LogP contribution is 2.36. The van der Waals surface area contributed by atoms with Crippen LogP contribution in [-0.2, 0) is 24.1 Å². The maximum Gasteiger partial charge on any atom is 0.416 e.